The maximum atomic E-state index is 5.50. The molecule has 0 radical (unpaired) electrons. The quantitative estimate of drug-likeness (QED) is 0.862. The molecule has 20 heavy (non-hydrogen) atoms. The Hall–Kier alpha value is -1.06. The summed E-state index contributed by atoms with van der Waals surface area (Å²) in [6.07, 6.45) is 0. The molecule has 0 aliphatic heterocycles. The summed E-state index contributed by atoms with van der Waals surface area (Å²) >= 11 is 0. The Morgan fingerprint density at radius 1 is 1.30 bits per heavy atom. The molecular formula is C17H30N2O. The molecule has 0 bridgehead atoms. The summed E-state index contributed by atoms with van der Waals surface area (Å²) in [7, 11) is 5.89. The number of hydrogen-bond acceptors (Lipinski definition) is 3. The number of hydrogen-bond donors (Lipinski definition) is 1. The lowest BCUT2D eigenvalue weighted by molar-refractivity contribution is 0.218. The number of methoxy groups -OCH3 is 1. The third-order valence-corrected chi connectivity index (χ3v) is 3.42. The normalized spacial score (nSPS) is 13.6. The van der Waals surface area contributed by atoms with Gasteiger partial charge >= 0.3 is 0 Å². The van der Waals surface area contributed by atoms with Gasteiger partial charge in [-0.05, 0) is 44.1 Å². The molecule has 114 valence electrons. The first-order valence-corrected chi connectivity index (χ1v) is 7.29. The molecule has 0 saturated carbocycles. The number of nitrogens with zero attached hydrogens (tertiary/aromatic N) is 1. The van der Waals surface area contributed by atoms with Crippen molar-refractivity contribution in [1.82, 2.24) is 10.2 Å². The first-order chi connectivity index (χ1) is 9.26. The highest BCUT2D eigenvalue weighted by molar-refractivity contribution is 5.38. The highest BCUT2D eigenvalue weighted by atomic mass is 16.5. The van der Waals surface area contributed by atoms with Crippen LogP contribution in [0.5, 0.6) is 5.75 Å². The second-order valence-electron chi connectivity index (χ2n) is 6.81. The monoisotopic (exact) mass is 278 g/mol. The van der Waals surface area contributed by atoms with Gasteiger partial charge in [0.2, 0.25) is 0 Å². The molecular weight excluding hydrogens is 248 g/mol. The third-order valence-electron chi connectivity index (χ3n) is 3.42. The Morgan fingerprint density at radius 2 is 1.95 bits per heavy atom. The second-order valence-corrected chi connectivity index (χ2v) is 6.81. The minimum atomic E-state index is 0.303. The molecule has 1 N–H and O–H groups in total. The molecule has 0 amide bonds. The van der Waals surface area contributed by atoms with Gasteiger partial charge in [0.15, 0.2) is 0 Å². The van der Waals surface area contributed by atoms with E-state index in [2.05, 4.69) is 63.2 Å². The largest absolute Gasteiger partial charge is 0.496 e. The zero-order valence-corrected chi connectivity index (χ0v) is 14.1. The van der Waals surface area contributed by atoms with Crippen LogP contribution in [0.1, 0.15) is 44.9 Å². The van der Waals surface area contributed by atoms with E-state index in [-0.39, 0.29) is 0 Å². The second kappa shape index (κ2) is 7.09. The van der Waals surface area contributed by atoms with Gasteiger partial charge in [0.05, 0.1) is 7.11 Å². The van der Waals surface area contributed by atoms with Crippen LogP contribution in [0.15, 0.2) is 18.2 Å². The first kappa shape index (κ1) is 17.0. The van der Waals surface area contributed by atoms with Crippen LogP contribution in [-0.2, 0) is 6.54 Å². The van der Waals surface area contributed by atoms with Crippen LogP contribution >= 0.6 is 0 Å². The van der Waals surface area contributed by atoms with E-state index >= 15 is 0 Å². The maximum absolute atomic E-state index is 5.50. The van der Waals surface area contributed by atoms with Crippen molar-refractivity contribution < 1.29 is 4.74 Å². The van der Waals surface area contributed by atoms with Crippen molar-refractivity contribution in [3.05, 3.63) is 29.3 Å². The molecule has 1 rings (SSSR count). The topological polar surface area (TPSA) is 24.5 Å². The van der Waals surface area contributed by atoms with Crippen molar-refractivity contribution in [1.29, 1.82) is 0 Å². The zero-order chi connectivity index (χ0) is 15.3. The van der Waals surface area contributed by atoms with E-state index in [1.165, 1.54) is 11.1 Å². The maximum Gasteiger partial charge on any atom is 0.123 e. The lowest BCUT2D eigenvalue weighted by atomic mass is 9.96. The molecule has 1 aromatic rings. The van der Waals surface area contributed by atoms with Gasteiger partial charge in [0, 0.05) is 24.7 Å². The first-order valence-electron chi connectivity index (χ1n) is 7.29. The highest BCUT2D eigenvalue weighted by Crippen LogP contribution is 2.25. The molecule has 0 heterocycles. The molecule has 1 aromatic carbocycles. The summed E-state index contributed by atoms with van der Waals surface area (Å²) in [6, 6.07) is 6.81. The molecule has 3 nitrogen and oxygen atoms in total. The predicted octanol–water partition coefficient (Wildman–Crippen LogP) is 3.45. The molecule has 0 aliphatic rings. The number of ether oxygens (including phenoxy) is 1. The standard InChI is InChI=1S/C17H30N2O/c1-13(18-5)14-8-9-16(20-7)15(10-14)11-19(6)12-17(2,3)4/h8-10,13,18H,11-12H2,1-7H3. The van der Waals surface area contributed by atoms with Gasteiger partial charge in [-0.2, -0.15) is 0 Å². The minimum absolute atomic E-state index is 0.303. The molecule has 0 aliphatic carbocycles. The van der Waals surface area contributed by atoms with Gasteiger partial charge in [-0.3, -0.25) is 0 Å². The fourth-order valence-electron chi connectivity index (χ4n) is 2.51. The van der Waals surface area contributed by atoms with Gasteiger partial charge in [-0.1, -0.05) is 26.8 Å². The molecule has 3 heteroatoms. The van der Waals surface area contributed by atoms with Gasteiger partial charge in [-0.15, -0.1) is 0 Å². The van der Waals surface area contributed by atoms with E-state index in [0.29, 0.717) is 11.5 Å². The Bertz CT molecular complexity index is 423. The fraction of sp³-hybridized carbons (Fsp3) is 0.647. The lowest BCUT2D eigenvalue weighted by Gasteiger charge is -2.27. The average molecular weight is 278 g/mol. The van der Waals surface area contributed by atoms with Gasteiger partial charge < -0.3 is 15.0 Å². The molecule has 1 atom stereocenters. The summed E-state index contributed by atoms with van der Waals surface area (Å²) in [5.74, 6) is 0.970. The van der Waals surface area contributed by atoms with Crippen LogP contribution in [0.2, 0.25) is 0 Å². The van der Waals surface area contributed by atoms with Crippen molar-refractivity contribution >= 4 is 0 Å². The Labute approximate surface area is 124 Å². The molecule has 0 spiro atoms. The Balaban J connectivity index is 2.91. The number of rotatable bonds is 6. The molecule has 0 fully saturated rings. The Morgan fingerprint density at radius 3 is 2.45 bits per heavy atom. The van der Waals surface area contributed by atoms with Gasteiger partial charge in [0.25, 0.3) is 0 Å². The fourth-order valence-corrected chi connectivity index (χ4v) is 2.51. The summed E-state index contributed by atoms with van der Waals surface area (Å²) in [4.78, 5) is 2.35. The minimum Gasteiger partial charge on any atom is -0.496 e. The predicted molar refractivity (Wildman–Crippen MR) is 86.3 cm³/mol. The van der Waals surface area contributed by atoms with E-state index in [1.807, 2.05) is 7.05 Å². The van der Waals surface area contributed by atoms with E-state index < -0.39 is 0 Å². The van der Waals surface area contributed by atoms with E-state index in [1.54, 1.807) is 7.11 Å². The SMILES string of the molecule is CNC(C)c1ccc(OC)c(CN(C)CC(C)(C)C)c1. The smallest absolute Gasteiger partial charge is 0.123 e. The molecule has 1 unspecified atom stereocenters. The summed E-state index contributed by atoms with van der Waals surface area (Å²) in [6.45, 7) is 10.9. The van der Waals surface area contributed by atoms with E-state index in [0.717, 1.165) is 18.8 Å². The van der Waals surface area contributed by atoms with E-state index in [4.69, 9.17) is 4.74 Å². The molecule has 0 saturated heterocycles. The summed E-state index contributed by atoms with van der Waals surface area (Å²) in [5, 5.41) is 3.28. The Kier molecular flexibility index (Phi) is 6.03. The van der Waals surface area contributed by atoms with Crippen LogP contribution in [0.4, 0.5) is 0 Å². The van der Waals surface area contributed by atoms with Gasteiger partial charge in [0.1, 0.15) is 5.75 Å². The van der Waals surface area contributed by atoms with Crippen LogP contribution in [0, 0.1) is 5.41 Å². The van der Waals surface area contributed by atoms with Crippen LogP contribution < -0.4 is 10.1 Å². The van der Waals surface area contributed by atoms with Crippen molar-refractivity contribution in [2.24, 2.45) is 5.41 Å². The average Bonchev–Trinajstić information content (AvgIpc) is 2.35. The van der Waals surface area contributed by atoms with Crippen LogP contribution in [-0.4, -0.2) is 32.6 Å². The van der Waals surface area contributed by atoms with E-state index in [9.17, 15) is 0 Å². The summed E-state index contributed by atoms with van der Waals surface area (Å²) < 4.78 is 5.50. The van der Waals surface area contributed by atoms with Crippen LogP contribution in [0.3, 0.4) is 0 Å². The van der Waals surface area contributed by atoms with Crippen molar-refractivity contribution in [2.45, 2.75) is 40.3 Å². The molecule has 0 aromatic heterocycles. The van der Waals surface area contributed by atoms with Crippen molar-refractivity contribution in [3.8, 4) is 5.75 Å². The van der Waals surface area contributed by atoms with Crippen molar-refractivity contribution in [3.63, 3.8) is 0 Å². The zero-order valence-electron chi connectivity index (χ0n) is 14.1. The van der Waals surface area contributed by atoms with Crippen molar-refractivity contribution in [2.75, 3.05) is 27.7 Å². The highest BCUT2D eigenvalue weighted by Gasteiger charge is 2.16. The lowest BCUT2D eigenvalue weighted by Crippen LogP contribution is -2.29. The summed E-state index contributed by atoms with van der Waals surface area (Å²) in [5.41, 5.74) is 2.85. The third kappa shape index (κ3) is 5.14. The number of benzene rings is 1. The number of nitrogens with one attached hydrogen (secondary N) is 1. The van der Waals surface area contributed by atoms with Crippen LogP contribution in [0.25, 0.3) is 0 Å². The van der Waals surface area contributed by atoms with Gasteiger partial charge in [-0.25, -0.2) is 0 Å².